The van der Waals surface area contributed by atoms with Crippen molar-refractivity contribution < 1.29 is 4.79 Å². The van der Waals surface area contributed by atoms with E-state index in [1.54, 1.807) is 0 Å². The van der Waals surface area contributed by atoms with Crippen molar-refractivity contribution in [1.29, 1.82) is 0 Å². The molecule has 2 nitrogen and oxygen atoms in total. The Morgan fingerprint density at radius 3 is 2.46 bits per heavy atom. The number of halogens is 1. The van der Waals surface area contributed by atoms with Crippen LogP contribution in [0.3, 0.4) is 0 Å². The Bertz CT molecular complexity index is 157. The Hall–Kier alpha value is 0.200. The molecule has 0 aliphatic carbocycles. The predicted octanol–water partition coefficient (Wildman–Crippen LogP) is 2.75. The minimum absolute atomic E-state index is 0.184. The average Bonchev–Trinajstić information content (AvgIpc) is 2.12. The maximum atomic E-state index is 11.5. The molecule has 0 saturated heterocycles. The summed E-state index contributed by atoms with van der Waals surface area (Å²) in [6, 6.07) is 0. The van der Waals surface area contributed by atoms with E-state index in [1.807, 2.05) is 20.8 Å². The second kappa shape index (κ2) is 6.62. The lowest BCUT2D eigenvalue weighted by Crippen LogP contribution is -2.36. The van der Waals surface area contributed by atoms with Crippen molar-refractivity contribution in [2.24, 2.45) is 5.41 Å². The third-order valence-electron chi connectivity index (χ3n) is 2.34. The molecule has 78 valence electrons. The number of carbonyl (C=O) groups excluding carboxylic acids is 1. The van der Waals surface area contributed by atoms with Crippen LogP contribution in [0.1, 0.15) is 40.0 Å². The predicted molar refractivity (Wildman–Crippen MR) is 65.2 cm³/mol. The van der Waals surface area contributed by atoms with Gasteiger partial charge in [-0.1, -0.05) is 43.4 Å². The van der Waals surface area contributed by atoms with Crippen LogP contribution in [0, 0.1) is 5.41 Å². The van der Waals surface area contributed by atoms with Crippen molar-refractivity contribution >= 4 is 28.5 Å². The number of alkyl halides is 1. The highest BCUT2D eigenvalue weighted by molar-refractivity contribution is 14.1. The van der Waals surface area contributed by atoms with Gasteiger partial charge in [0.25, 0.3) is 0 Å². The fraction of sp³-hybridized carbons (Fsp3) is 0.900. The maximum absolute atomic E-state index is 11.5. The Morgan fingerprint density at radius 2 is 2.00 bits per heavy atom. The molecule has 0 bridgehead atoms. The third kappa shape index (κ3) is 5.49. The summed E-state index contributed by atoms with van der Waals surface area (Å²) in [7, 11) is 0. The van der Waals surface area contributed by atoms with Gasteiger partial charge in [-0.3, -0.25) is 4.79 Å². The van der Waals surface area contributed by atoms with Gasteiger partial charge in [0.2, 0.25) is 5.91 Å². The number of carbonyl (C=O) groups is 1. The highest BCUT2D eigenvalue weighted by Gasteiger charge is 2.24. The molecule has 13 heavy (non-hydrogen) atoms. The van der Waals surface area contributed by atoms with Crippen LogP contribution in [0.25, 0.3) is 0 Å². The molecular weight excluding hydrogens is 277 g/mol. The molecule has 0 spiro atoms. The fourth-order valence-corrected chi connectivity index (χ4v) is 1.36. The molecule has 0 fully saturated rings. The summed E-state index contributed by atoms with van der Waals surface area (Å²) in [6.45, 7) is 6.84. The van der Waals surface area contributed by atoms with E-state index in [2.05, 4.69) is 27.9 Å². The van der Waals surface area contributed by atoms with Crippen molar-refractivity contribution in [2.75, 3.05) is 11.0 Å². The Kier molecular flexibility index (Phi) is 6.73. The van der Waals surface area contributed by atoms with E-state index < -0.39 is 0 Å². The van der Waals surface area contributed by atoms with Crippen LogP contribution in [0.2, 0.25) is 0 Å². The zero-order chi connectivity index (χ0) is 10.3. The molecule has 0 atom stereocenters. The van der Waals surface area contributed by atoms with E-state index in [1.165, 1.54) is 10.8 Å². The van der Waals surface area contributed by atoms with Crippen molar-refractivity contribution in [3.63, 3.8) is 0 Å². The molecule has 3 heteroatoms. The summed E-state index contributed by atoms with van der Waals surface area (Å²) < 4.78 is 1.17. The first-order chi connectivity index (χ1) is 6.04. The highest BCUT2D eigenvalue weighted by atomic mass is 127. The summed E-state index contributed by atoms with van der Waals surface area (Å²) in [5.74, 6) is 0.184. The smallest absolute Gasteiger partial charge is 0.225 e. The Morgan fingerprint density at radius 1 is 1.38 bits per heavy atom. The van der Waals surface area contributed by atoms with E-state index in [0.29, 0.717) is 0 Å². The molecular formula is C10H20INO. The number of nitrogens with one attached hydrogen (secondary N) is 1. The van der Waals surface area contributed by atoms with Crippen LogP contribution in [0.5, 0.6) is 0 Å². The largest absolute Gasteiger partial charge is 0.356 e. The second-order valence-corrected chi connectivity index (χ2v) is 4.97. The van der Waals surface area contributed by atoms with Crippen LogP contribution < -0.4 is 5.32 Å². The number of hydrogen-bond donors (Lipinski definition) is 1. The topological polar surface area (TPSA) is 29.1 Å². The molecule has 0 radical (unpaired) electrons. The summed E-state index contributed by atoms with van der Waals surface area (Å²) >= 11 is 2.36. The number of hydrogen-bond acceptors (Lipinski definition) is 1. The summed E-state index contributed by atoms with van der Waals surface area (Å²) in [4.78, 5) is 11.5. The monoisotopic (exact) mass is 297 g/mol. The molecule has 0 rings (SSSR count). The molecule has 0 aromatic carbocycles. The van der Waals surface area contributed by atoms with Crippen molar-refractivity contribution in [3.8, 4) is 0 Å². The van der Waals surface area contributed by atoms with E-state index in [-0.39, 0.29) is 11.3 Å². The van der Waals surface area contributed by atoms with Crippen molar-refractivity contribution in [1.82, 2.24) is 5.32 Å². The molecule has 0 heterocycles. The van der Waals surface area contributed by atoms with Gasteiger partial charge in [-0.05, 0) is 23.7 Å². The standard InChI is InChI=1S/C10H20INO/c1-4-10(2,3)9(13)12-8-6-5-7-11/h4-8H2,1-3H3,(H,12,13). The second-order valence-electron chi connectivity index (χ2n) is 3.89. The quantitative estimate of drug-likeness (QED) is 0.456. The third-order valence-corrected chi connectivity index (χ3v) is 3.11. The lowest BCUT2D eigenvalue weighted by Gasteiger charge is -2.21. The van der Waals surface area contributed by atoms with Crippen molar-refractivity contribution in [3.05, 3.63) is 0 Å². The summed E-state index contributed by atoms with van der Waals surface area (Å²) in [5.41, 5.74) is -0.204. The fourth-order valence-electron chi connectivity index (χ4n) is 0.821. The van der Waals surface area contributed by atoms with Crippen LogP contribution >= 0.6 is 22.6 Å². The zero-order valence-electron chi connectivity index (χ0n) is 8.82. The number of amides is 1. The van der Waals surface area contributed by atoms with Gasteiger partial charge in [0.1, 0.15) is 0 Å². The average molecular weight is 297 g/mol. The number of unbranched alkanes of at least 4 members (excludes halogenated alkanes) is 1. The van der Waals surface area contributed by atoms with Crippen LogP contribution in [-0.2, 0) is 4.79 Å². The van der Waals surface area contributed by atoms with Crippen LogP contribution in [-0.4, -0.2) is 16.9 Å². The van der Waals surface area contributed by atoms with Gasteiger partial charge in [-0.2, -0.15) is 0 Å². The molecule has 0 unspecified atom stereocenters. The van der Waals surface area contributed by atoms with Gasteiger partial charge < -0.3 is 5.32 Å². The zero-order valence-corrected chi connectivity index (χ0v) is 11.0. The van der Waals surface area contributed by atoms with Gasteiger partial charge in [-0.25, -0.2) is 0 Å². The normalized spacial score (nSPS) is 11.4. The Balaban J connectivity index is 3.62. The van der Waals surface area contributed by atoms with Gasteiger partial charge in [0.15, 0.2) is 0 Å². The minimum Gasteiger partial charge on any atom is -0.356 e. The molecule has 0 aromatic heterocycles. The van der Waals surface area contributed by atoms with Gasteiger partial charge in [0.05, 0.1) is 0 Å². The molecule has 1 amide bonds. The van der Waals surface area contributed by atoms with E-state index in [0.717, 1.165) is 19.4 Å². The van der Waals surface area contributed by atoms with Gasteiger partial charge in [-0.15, -0.1) is 0 Å². The molecule has 0 aliphatic rings. The first-order valence-electron chi connectivity index (χ1n) is 4.89. The lowest BCUT2D eigenvalue weighted by molar-refractivity contribution is -0.129. The van der Waals surface area contributed by atoms with Gasteiger partial charge in [0, 0.05) is 12.0 Å². The molecule has 0 aromatic rings. The highest BCUT2D eigenvalue weighted by Crippen LogP contribution is 2.19. The molecule has 0 saturated carbocycles. The SMILES string of the molecule is CCC(C)(C)C(=O)NCCCCI. The molecule has 1 N–H and O–H groups in total. The Labute approximate surface area is 95.0 Å². The lowest BCUT2D eigenvalue weighted by atomic mass is 9.89. The molecule has 0 aliphatic heterocycles. The first kappa shape index (κ1) is 13.2. The first-order valence-corrected chi connectivity index (χ1v) is 6.41. The van der Waals surface area contributed by atoms with Crippen LogP contribution in [0.4, 0.5) is 0 Å². The minimum atomic E-state index is -0.204. The summed E-state index contributed by atoms with van der Waals surface area (Å²) in [5, 5.41) is 2.97. The van der Waals surface area contributed by atoms with E-state index in [4.69, 9.17) is 0 Å². The van der Waals surface area contributed by atoms with E-state index in [9.17, 15) is 4.79 Å². The maximum Gasteiger partial charge on any atom is 0.225 e. The van der Waals surface area contributed by atoms with Crippen molar-refractivity contribution in [2.45, 2.75) is 40.0 Å². The summed E-state index contributed by atoms with van der Waals surface area (Å²) in [6.07, 6.45) is 3.17. The number of rotatable bonds is 6. The van der Waals surface area contributed by atoms with E-state index >= 15 is 0 Å². The van der Waals surface area contributed by atoms with Gasteiger partial charge >= 0.3 is 0 Å². The van der Waals surface area contributed by atoms with Crippen LogP contribution in [0.15, 0.2) is 0 Å².